The van der Waals surface area contributed by atoms with Crippen LogP contribution < -0.4 is 5.32 Å². The SMILES string of the molecule is CC(C)CC[C@H](c1ccc(C(=O)NCCC(=O)O)cc1)N1C(=O)C(c2cc(Cl)cc(Cl)c2)=NC12CCC(C(C)C)CC2. The summed E-state index contributed by atoms with van der Waals surface area (Å²) in [4.78, 5) is 45.1. The maximum atomic E-state index is 14.4. The molecule has 2 aromatic rings. The number of amides is 2. The van der Waals surface area contributed by atoms with Crippen LogP contribution >= 0.6 is 23.2 Å². The van der Waals surface area contributed by atoms with Crippen molar-refractivity contribution in [3.05, 3.63) is 69.2 Å². The van der Waals surface area contributed by atoms with Crippen LogP contribution in [0.4, 0.5) is 0 Å². The fourth-order valence-corrected chi connectivity index (χ4v) is 6.75. The predicted octanol–water partition coefficient (Wildman–Crippen LogP) is 7.55. The van der Waals surface area contributed by atoms with E-state index in [1.165, 1.54) is 0 Å². The lowest BCUT2D eigenvalue weighted by atomic mass is 9.75. The molecule has 0 bridgehead atoms. The zero-order valence-electron chi connectivity index (χ0n) is 24.8. The highest BCUT2D eigenvalue weighted by Gasteiger charge is 2.52. The zero-order valence-corrected chi connectivity index (χ0v) is 26.3. The molecule has 9 heteroatoms. The summed E-state index contributed by atoms with van der Waals surface area (Å²) in [7, 11) is 0. The van der Waals surface area contributed by atoms with Gasteiger partial charge in [-0.05, 0) is 92.2 Å². The van der Waals surface area contributed by atoms with E-state index in [4.69, 9.17) is 33.3 Å². The predicted molar refractivity (Wildman–Crippen MR) is 167 cm³/mol. The number of carboxylic acid groups (broad SMARTS) is 1. The molecule has 7 nitrogen and oxygen atoms in total. The molecule has 0 radical (unpaired) electrons. The summed E-state index contributed by atoms with van der Waals surface area (Å²) in [5, 5.41) is 12.4. The van der Waals surface area contributed by atoms with Gasteiger partial charge in [-0.25, -0.2) is 0 Å². The van der Waals surface area contributed by atoms with Crippen molar-refractivity contribution in [2.75, 3.05) is 6.54 Å². The fraction of sp³-hybridized carbons (Fsp3) is 0.515. The Morgan fingerprint density at radius 2 is 1.64 bits per heavy atom. The van der Waals surface area contributed by atoms with E-state index in [1.54, 1.807) is 30.3 Å². The highest BCUT2D eigenvalue weighted by Crippen LogP contribution is 2.48. The van der Waals surface area contributed by atoms with Crippen LogP contribution in [0.1, 0.15) is 100 Å². The number of rotatable bonds is 11. The van der Waals surface area contributed by atoms with Gasteiger partial charge in [-0.1, -0.05) is 63.0 Å². The number of hydrogen-bond acceptors (Lipinski definition) is 4. The van der Waals surface area contributed by atoms with E-state index in [0.29, 0.717) is 44.6 Å². The van der Waals surface area contributed by atoms with Gasteiger partial charge in [-0.15, -0.1) is 0 Å². The van der Waals surface area contributed by atoms with Crippen LogP contribution in [0, 0.1) is 17.8 Å². The van der Waals surface area contributed by atoms with Gasteiger partial charge in [-0.3, -0.25) is 19.4 Å². The third kappa shape index (κ3) is 7.35. The molecule has 1 aliphatic carbocycles. The first-order valence-electron chi connectivity index (χ1n) is 14.9. The Morgan fingerprint density at radius 1 is 1.02 bits per heavy atom. The molecule has 226 valence electrons. The molecule has 1 fully saturated rings. The molecule has 1 aliphatic heterocycles. The highest BCUT2D eigenvalue weighted by atomic mass is 35.5. The van der Waals surface area contributed by atoms with Crippen molar-refractivity contribution in [1.29, 1.82) is 0 Å². The Hall–Kier alpha value is -2.90. The Labute approximate surface area is 258 Å². The first-order chi connectivity index (χ1) is 19.9. The summed E-state index contributed by atoms with van der Waals surface area (Å²) < 4.78 is 0. The van der Waals surface area contributed by atoms with Gasteiger partial charge in [-0.2, -0.15) is 0 Å². The second-order valence-corrected chi connectivity index (χ2v) is 13.2. The molecular weight excluding hydrogens is 573 g/mol. The number of nitrogens with one attached hydrogen (secondary N) is 1. The van der Waals surface area contributed by atoms with E-state index < -0.39 is 11.6 Å². The van der Waals surface area contributed by atoms with Crippen molar-refractivity contribution in [1.82, 2.24) is 10.2 Å². The van der Waals surface area contributed by atoms with E-state index in [1.807, 2.05) is 17.0 Å². The largest absolute Gasteiger partial charge is 0.481 e. The lowest BCUT2D eigenvalue weighted by Gasteiger charge is -2.46. The highest BCUT2D eigenvalue weighted by molar-refractivity contribution is 6.47. The molecule has 1 saturated carbocycles. The average Bonchev–Trinajstić information content (AvgIpc) is 3.20. The van der Waals surface area contributed by atoms with Crippen molar-refractivity contribution < 1.29 is 19.5 Å². The summed E-state index contributed by atoms with van der Waals surface area (Å²) in [6.45, 7) is 8.92. The van der Waals surface area contributed by atoms with E-state index in [0.717, 1.165) is 44.1 Å². The molecule has 1 spiro atoms. The van der Waals surface area contributed by atoms with Gasteiger partial charge < -0.3 is 15.3 Å². The smallest absolute Gasteiger partial charge is 0.305 e. The summed E-state index contributed by atoms with van der Waals surface area (Å²) in [5.74, 6) is 0.164. The van der Waals surface area contributed by atoms with Crippen molar-refractivity contribution in [3.63, 3.8) is 0 Å². The minimum atomic E-state index is -0.966. The average molecular weight is 615 g/mol. The van der Waals surface area contributed by atoms with Gasteiger partial charge in [0.1, 0.15) is 11.4 Å². The van der Waals surface area contributed by atoms with Crippen LogP contribution in [0.2, 0.25) is 10.0 Å². The third-order valence-electron chi connectivity index (χ3n) is 8.61. The molecule has 0 saturated heterocycles. The van der Waals surface area contributed by atoms with Crippen molar-refractivity contribution in [3.8, 4) is 0 Å². The van der Waals surface area contributed by atoms with Crippen molar-refractivity contribution in [2.45, 2.75) is 84.3 Å². The first-order valence-corrected chi connectivity index (χ1v) is 15.7. The quantitative estimate of drug-likeness (QED) is 0.273. The molecule has 2 N–H and O–H groups in total. The van der Waals surface area contributed by atoms with Crippen LogP contribution in [0.25, 0.3) is 0 Å². The number of benzene rings is 2. The van der Waals surface area contributed by atoms with Crippen LogP contribution in [-0.4, -0.2) is 45.7 Å². The van der Waals surface area contributed by atoms with Crippen molar-refractivity contribution >= 4 is 46.7 Å². The van der Waals surface area contributed by atoms with Gasteiger partial charge in [0, 0.05) is 27.7 Å². The molecule has 2 amide bonds. The molecule has 2 aromatic carbocycles. The number of carbonyl (C=O) groups excluding carboxylic acids is 2. The number of carboxylic acids is 1. The monoisotopic (exact) mass is 613 g/mol. The summed E-state index contributed by atoms with van der Waals surface area (Å²) >= 11 is 12.7. The number of nitrogens with zero attached hydrogens (tertiary/aromatic N) is 2. The number of carbonyl (C=O) groups is 3. The summed E-state index contributed by atoms with van der Waals surface area (Å²) in [6.07, 6.45) is 5.06. The van der Waals surface area contributed by atoms with Crippen molar-refractivity contribution in [2.24, 2.45) is 22.7 Å². The fourth-order valence-electron chi connectivity index (χ4n) is 6.22. The molecule has 4 rings (SSSR count). The lowest BCUT2D eigenvalue weighted by Crippen LogP contribution is -2.51. The Bertz CT molecular complexity index is 1310. The van der Waals surface area contributed by atoms with Gasteiger partial charge in [0.05, 0.1) is 12.5 Å². The summed E-state index contributed by atoms with van der Waals surface area (Å²) in [6, 6.07) is 12.2. The molecule has 42 heavy (non-hydrogen) atoms. The number of hydrogen-bond donors (Lipinski definition) is 2. The van der Waals surface area contributed by atoms with Crippen LogP contribution in [0.15, 0.2) is 47.5 Å². The Morgan fingerprint density at radius 3 is 2.19 bits per heavy atom. The minimum Gasteiger partial charge on any atom is -0.481 e. The molecule has 2 aliphatic rings. The second-order valence-electron chi connectivity index (χ2n) is 12.4. The normalized spacial score (nSPS) is 21.2. The first kappa shape index (κ1) is 32.0. The molecule has 1 heterocycles. The van der Waals surface area contributed by atoms with Gasteiger partial charge in [0.2, 0.25) is 0 Å². The standard InChI is InChI=1S/C33H41Cl2N3O4/c1-20(2)5-10-28(23-6-8-24(9-7-23)31(41)36-16-13-29(39)40)38-32(42)30(25-17-26(34)19-27(35)18-25)37-33(38)14-11-22(12-15-33)21(3)4/h6-9,17-22,28H,5,10-16H2,1-4H3,(H,36,41)(H,39,40)/t22?,28-,33?/m1/s1. The van der Waals surface area contributed by atoms with Crippen LogP contribution in [-0.2, 0) is 9.59 Å². The van der Waals surface area contributed by atoms with E-state index in [9.17, 15) is 14.4 Å². The van der Waals surface area contributed by atoms with Crippen LogP contribution in [0.5, 0.6) is 0 Å². The third-order valence-corrected chi connectivity index (χ3v) is 9.05. The Balaban J connectivity index is 1.71. The lowest BCUT2D eigenvalue weighted by molar-refractivity contribution is -0.137. The molecule has 1 atom stereocenters. The molecule has 0 aromatic heterocycles. The second kappa shape index (κ2) is 13.6. The maximum Gasteiger partial charge on any atom is 0.305 e. The van der Waals surface area contributed by atoms with E-state index in [2.05, 4.69) is 33.0 Å². The molecular formula is C33H41Cl2N3O4. The van der Waals surface area contributed by atoms with E-state index >= 15 is 0 Å². The number of halogens is 2. The van der Waals surface area contributed by atoms with E-state index in [-0.39, 0.29) is 30.8 Å². The number of aliphatic imine (C=N–C) groups is 1. The van der Waals surface area contributed by atoms with Gasteiger partial charge in [0.15, 0.2) is 0 Å². The topological polar surface area (TPSA) is 99.1 Å². The zero-order chi connectivity index (χ0) is 30.6. The minimum absolute atomic E-state index is 0.0583. The maximum absolute atomic E-state index is 14.4. The summed E-state index contributed by atoms with van der Waals surface area (Å²) in [5.41, 5.74) is 1.74. The van der Waals surface area contributed by atoms with Crippen LogP contribution in [0.3, 0.4) is 0 Å². The van der Waals surface area contributed by atoms with Gasteiger partial charge in [0.25, 0.3) is 11.8 Å². The number of aliphatic carboxylic acids is 1. The molecule has 0 unspecified atom stereocenters. The Kier molecular flexibility index (Phi) is 10.4. The van der Waals surface area contributed by atoms with Gasteiger partial charge >= 0.3 is 5.97 Å².